The monoisotopic (exact) mass is 620 g/mol. The maximum Gasteiger partial charge on any atom is 0.379 e. The third kappa shape index (κ3) is 5.66. The highest BCUT2D eigenvalue weighted by Gasteiger charge is 2.32. The number of nitriles is 1. The zero-order valence-electron chi connectivity index (χ0n) is 25.1. The van der Waals surface area contributed by atoms with Crippen LogP contribution in [0.1, 0.15) is 49.9 Å². The van der Waals surface area contributed by atoms with Crippen LogP contribution in [0.4, 0.5) is 0 Å². The Labute approximate surface area is 265 Å². The van der Waals surface area contributed by atoms with Gasteiger partial charge in [0.15, 0.2) is 11.5 Å². The number of halogens is 1. The van der Waals surface area contributed by atoms with E-state index < -0.39 is 11.9 Å². The molecule has 0 saturated heterocycles. The second kappa shape index (κ2) is 11.9. The number of methoxy groups -OCH3 is 1. The summed E-state index contributed by atoms with van der Waals surface area (Å²) in [6.45, 7) is 6.15. The number of carbonyl (C=O) groups excluding carboxylic acids is 1. The average molecular weight is 621 g/mol. The second-order valence-electron chi connectivity index (χ2n) is 10.8. The van der Waals surface area contributed by atoms with Crippen LogP contribution in [0.5, 0.6) is 23.0 Å². The maximum atomic E-state index is 13.2. The third-order valence-corrected chi connectivity index (χ3v) is 8.22. The van der Waals surface area contributed by atoms with Crippen LogP contribution in [0.25, 0.3) is 11.0 Å². The molecule has 1 atom stereocenters. The minimum absolute atomic E-state index is 0.0422. The zero-order valence-corrected chi connectivity index (χ0v) is 25.8. The van der Waals surface area contributed by atoms with Crippen molar-refractivity contribution in [3.8, 4) is 29.1 Å². The number of furan rings is 1. The number of rotatable bonds is 7. The third-order valence-electron chi connectivity index (χ3n) is 7.97. The van der Waals surface area contributed by atoms with Gasteiger partial charge in [0.05, 0.1) is 13.0 Å². The lowest BCUT2D eigenvalue weighted by Gasteiger charge is -2.27. The summed E-state index contributed by atoms with van der Waals surface area (Å²) in [5, 5.41) is 11.5. The number of fused-ring (bicyclic) bond motifs is 2. The first-order chi connectivity index (χ1) is 21.7. The molecule has 0 fully saturated rings. The molecular weight excluding hydrogens is 592 g/mol. The van der Waals surface area contributed by atoms with Gasteiger partial charge in [-0.25, -0.2) is 4.79 Å². The van der Waals surface area contributed by atoms with E-state index in [-0.39, 0.29) is 23.0 Å². The van der Waals surface area contributed by atoms with Crippen molar-refractivity contribution in [2.45, 2.75) is 33.3 Å². The van der Waals surface area contributed by atoms with E-state index in [9.17, 15) is 10.1 Å². The van der Waals surface area contributed by atoms with Gasteiger partial charge in [-0.2, -0.15) is 5.26 Å². The Morgan fingerprint density at radius 3 is 2.47 bits per heavy atom. The summed E-state index contributed by atoms with van der Waals surface area (Å²) in [5.74, 6) is 0.508. The van der Waals surface area contributed by atoms with Crippen LogP contribution in [-0.4, -0.2) is 13.1 Å². The zero-order chi connectivity index (χ0) is 31.8. The molecule has 5 aromatic rings. The molecule has 226 valence electrons. The number of nitrogens with zero attached hydrogens (tertiary/aromatic N) is 1. The Bertz CT molecular complexity index is 2040. The number of benzene rings is 4. The molecule has 0 radical (unpaired) electrons. The molecule has 1 aromatic heterocycles. The molecule has 1 aliphatic rings. The van der Waals surface area contributed by atoms with Gasteiger partial charge in [-0.1, -0.05) is 35.9 Å². The summed E-state index contributed by atoms with van der Waals surface area (Å²) >= 11 is 5.99. The molecule has 0 bridgehead atoms. The lowest BCUT2D eigenvalue weighted by molar-refractivity contribution is 0.0702. The van der Waals surface area contributed by atoms with Gasteiger partial charge >= 0.3 is 5.97 Å². The molecule has 2 N–H and O–H groups in total. The fraction of sp³-hybridized carbons (Fsp3) is 0.167. The van der Waals surface area contributed by atoms with Crippen molar-refractivity contribution in [3.63, 3.8) is 0 Å². The molecule has 4 aromatic carbocycles. The first kappa shape index (κ1) is 29.7. The van der Waals surface area contributed by atoms with Crippen molar-refractivity contribution < 1.29 is 28.2 Å². The van der Waals surface area contributed by atoms with Gasteiger partial charge in [-0.3, -0.25) is 0 Å². The molecule has 1 unspecified atom stereocenters. The number of hydrogen-bond acceptors (Lipinski definition) is 8. The van der Waals surface area contributed by atoms with Gasteiger partial charge in [0.2, 0.25) is 11.6 Å². The summed E-state index contributed by atoms with van der Waals surface area (Å²) in [4.78, 5) is 13.2. The smallest absolute Gasteiger partial charge is 0.379 e. The molecule has 0 amide bonds. The first-order valence-electron chi connectivity index (χ1n) is 14.2. The normalized spacial score (nSPS) is 14.0. The highest BCUT2D eigenvalue weighted by atomic mass is 35.5. The van der Waals surface area contributed by atoms with Crippen molar-refractivity contribution in [2.24, 2.45) is 5.73 Å². The van der Waals surface area contributed by atoms with Gasteiger partial charge in [-0.15, -0.1) is 0 Å². The highest BCUT2D eigenvalue weighted by molar-refractivity contribution is 6.30. The minimum Gasteiger partial charge on any atom is -0.493 e. The van der Waals surface area contributed by atoms with Crippen LogP contribution in [-0.2, 0) is 6.61 Å². The van der Waals surface area contributed by atoms with Crippen LogP contribution in [0.15, 0.2) is 88.7 Å². The van der Waals surface area contributed by atoms with E-state index in [0.717, 1.165) is 27.6 Å². The quantitative estimate of drug-likeness (QED) is 0.143. The molecule has 9 heteroatoms. The van der Waals surface area contributed by atoms with Crippen molar-refractivity contribution in [1.82, 2.24) is 0 Å². The van der Waals surface area contributed by atoms with E-state index in [1.54, 1.807) is 43.5 Å². The van der Waals surface area contributed by atoms with Crippen molar-refractivity contribution >= 4 is 28.5 Å². The first-order valence-corrected chi connectivity index (χ1v) is 14.5. The summed E-state index contributed by atoms with van der Waals surface area (Å²) in [6.07, 6.45) is 0. The standard InChI is InChI=1S/C36H29ClN2O6/c1-19-13-27-21(3)34(44-30(27)14-20(19)2)36(40)43-25-10-11-26-31(16-25)45-35(39)28(17-38)33(26)23-7-12-29(32(15-23)41-4)42-18-22-5-8-24(37)9-6-22/h5-16,33H,18,39H2,1-4H3. The molecule has 45 heavy (non-hydrogen) atoms. The van der Waals surface area contributed by atoms with E-state index in [2.05, 4.69) is 6.07 Å². The van der Waals surface area contributed by atoms with Crippen LogP contribution >= 0.6 is 11.6 Å². The predicted octanol–water partition coefficient (Wildman–Crippen LogP) is 8.04. The van der Waals surface area contributed by atoms with E-state index in [1.807, 2.05) is 57.2 Å². The van der Waals surface area contributed by atoms with E-state index in [0.29, 0.717) is 45.6 Å². The van der Waals surface area contributed by atoms with Crippen LogP contribution in [0.2, 0.25) is 5.02 Å². The molecule has 0 saturated carbocycles. The van der Waals surface area contributed by atoms with Crippen molar-refractivity contribution in [2.75, 3.05) is 7.11 Å². The number of esters is 1. The lowest BCUT2D eigenvalue weighted by Crippen LogP contribution is -2.21. The van der Waals surface area contributed by atoms with Gasteiger partial charge in [0, 0.05) is 27.6 Å². The number of nitrogens with two attached hydrogens (primary N) is 1. The van der Waals surface area contributed by atoms with Gasteiger partial charge in [0.25, 0.3) is 0 Å². The van der Waals surface area contributed by atoms with Crippen molar-refractivity contribution in [3.05, 3.63) is 128 Å². The van der Waals surface area contributed by atoms with E-state index in [1.165, 1.54) is 0 Å². The molecule has 0 spiro atoms. The second-order valence-corrected chi connectivity index (χ2v) is 11.3. The number of hydrogen-bond donors (Lipinski definition) is 1. The Morgan fingerprint density at radius 2 is 1.73 bits per heavy atom. The topological polar surface area (TPSA) is 117 Å². The lowest BCUT2D eigenvalue weighted by atomic mass is 9.83. The Kier molecular flexibility index (Phi) is 7.88. The van der Waals surface area contributed by atoms with E-state index >= 15 is 0 Å². The number of carbonyl (C=O) groups is 1. The Hall–Kier alpha value is -5.39. The molecular formula is C36H29ClN2O6. The maximum absolute atomic E-state index is 13.2. The number of aryl methyl sites for hydroxylation is 3. The van der Waals surface area contributed by atoms with Crippen LogP contribution < -0.4 is 24.7 Å². The molecule has 6 rings (SSSR count). The largest absolute Gasteiger partial charge is 0.493 e. The van der Waals surface area contributed by atoms with Gasteiger partial charge in [0.1, 0.15) is 35.3 Å². The average Bonchev–Trinajstić information content (AvgIpc) is 3.34. The number of allylic oxidation sites excluding steroid dienone is 1. The van der Waals surface area contributed by atoms with Crippen LogP contribution in [0.3, 0.4) is 0 Å². The summed E-state index contributed by atoms with van der Waals surface area (Å²) in [6, 6.07) is 23.9. The predicted molar refractivity (Wildman–Crippen MR) is 170 cm³/mol. The van der Waals surface area contributed by atoms with Crippen molar-refractivity contribution in [1.29, 1.82) is 5.26 Å². The van der Waals surface area contributed by atoms with Gasteiger partial charge < -0.3 is 29.1 Å². The van der Waals surface area contributed by atoms with Gasteiger partial charge in [-0.05, 0) is 85.5 Å². The summed E-state index contributed by atoms with van der Waals surface area (Å²) in [5.41, 5.74) is 12.3. The fourth-order valence-corrected chi connectivity index (χ4v) is 5.52. The Balaban J connectivity index is 1.28. The van der Waals surface area contributed by atoms with Crippen LogP contribution in [0, 0.1) is 32.1 Å². The minimum atomic E-state index is -0.633. The summed E-state index contributed by atoms with van der Waals surface area (Å²) in [7, 11) is 1.55. The molecule has 1 aliphatic heterocycles. The molecule has 0 aliphatic carbocycles. The molecule has 2 heterocycles. The Morgan fingerprint density at radius 1 is 0.978 bits per heavy atom. The SMILES string of the molecule is COc1cc(C2C(C#N)=C(N)Oc3cc(OC(=O)c4oc5cc(C)c(C)cc5c4C)ccc32)ccc1OCc1ccc(Cl)cc1. The fourth-order valence-electron chi connectivity index (χ4n) is 5.39. The highest BCUT2D eigenvalue weighted by Crippen LogP contribution is 2.45. The molecule has 8 nitrogen and oxygen atoms in total. The van der Waals surface area contributed by atoms with E-state index in [4.69, 9.17) is 40.7 Å². The number of ether oxygens (including phenoxy) is 4. The summed E-state index contributed by atoms with van der Waals surface area (Å²) < 4.78 is 29.1.